The van der Waals surface area contributed by atoms with Crippen molar-refractivity contribution in [2.24, 2.45) is 5.73 Å². The van der Waals surface area contributed by atoms with E-state index >= 15 is 0 Å². The third kappa shape index (κ3) is 4.33. The van der Waals surface area contributed by atoms with E-state index in [0.29, 0.717) is 18.1 Å². The Hall–Kier alpha value is -0.850. The molecule has 2 aromatic rings. The maximum atomic E-state index is 5.99. The topological polar surface area (TPSA) is 64.9 Å². The van der Waals surface area contributed by atoms with Gasteiger partial charge in [-0.15, -0.1) is 0 Å². The van der Waals surface area contributed by atoms with Gasteiger partial charge in [-0.1, -0.05) is 33.2 Å². The third-order valence-electron chi connectivity index (χ3n) is 2.69. The van der Waals surface area contributed by atoms with Crippen LogP contribution in [0, 0.1) is 0 Å². The first-order valence-corrected chi connectivity index (χ1v) is 8.19. The molecule has 0 amide bonds. The summed E-state index contributed by atoms with van der Waals surface area (Å²) in [6, 6.07) is 7.89. The van der Waals surface area contributed by atoms with Crippen molar-refractivity contribution >= 4 is 27.7 Å². The van der Waals surface area contributed by atoms with Crippen LogP contribution in [0.3, 0.4) is 0 Å². The van der Waals surface area contributed by atoms with Crippen LogP contribution < -0.4 is 5.73 Å². The second kappa shape index (κ2) is 7.07. The zero-order chi connectivity index (χ0) is 13.7. The van der Waals surface area contributed by atoms with Crippen molar-refractivity contribution in [2.75, 3.05) is 12.0 Å². The zero-order valence-electron chi connectivity index (χ0n) is 10.7. The Labute approximate surface area is 125 Å². The minimum absolute atomic E-state index is 0.170. The molecule has 1 heterocycles. The second-order valence-corrected chi connectivity index (χ2v) is 6.14. The van der Waals surface area contributed by atoms with Crippen molar-refractivity contribution in [1.82, 2.24) is 10.1 Å². The van der Waals surface area contributed by atoms with E-state index in [4.69, 9.17) is 10.3 Å². The fourth-order valence-electron chi connectivity index (χ4n) is 1.69. The molecule has 1 atom stereocenters. The van der Waals surface area contributed by atoms with E-state index < -0.39 is 0 Å². The molecule has 0 fully saturated rings. The van der Waals surface area contributed by atoms with Gasteiger partial charge in [0.1, 0.15) is 0 Å². The molecule has 0 unspecified atom stereocenters. The van der Waals surface area contributed by atoms with Crippen LogP contribution in [0.1, 0.15) is 29.7 Å². The standard InChI is InChI=1S/C13H16BrN3OS/c1-19-6-5-11(15)13-16-12(17-18-13)8-9-3-2-4-10(14)7-9/h2-4,7,11H,5-6,8,15H2,1H3/t11-/m1/s1. The molecule has 1 aromatic carbocycles. The molecule has 0 saturated heterocycles. The summed E-state index contributed by atoms with van der Waals surface area (Å²) in [4.78, 5) is 4.36. The van der Waals surface area contributed by atoms with Gasteiger partial charge in [0.2, 0.25) is 5.89 Å². The van der Waals surface area contributed by atoms with Gasteiger partial charge in [0, 0.05) is 10.9 Å². The van der Waals surface area contributed by atoms with E-state index in [0.717, 1.165) is 22.2 Å². The molecule has 0 saturated carbocycles. The quantitative estimate of drug-likeness (QED) is 0.873. The van der Waals surface area contributed by atoms with Crippen molar-refractivity contribution in [2.45, 2.75) is 18.9 Å². The van der Waals surface area contributed by atoms with Crippen molar-refractivity contribution in [3.8, 4) is 0 Å². The fraction of sp³-hybridized carbons (Fsp3) is 0.385. The van der Waals surface area contributed by atoms with Gasteiger partial charge in [0.15, 0.2) is 5.82 Å². The number of benzene rings is 1. The minimum atomic E-state index is -0.170. The molecule has 0 radical (unpaired) electrons. The molecule has 0 aliphatic rings. The average Bonchev–Trinajstić information content (AvgIpc) is 2.84. The Morgan fingerprint density at radius 1 is 1.47 bits per heavy atom. The fourth-order valence-corrected chi connectivity index (χ4v) is 2.62. The normalized spacial score (nSPS) is 12.6. The van der Waals surface area contributed by atoms with Gasteiger partial charge in [-0.2, -0.15) is 16.7 Å². The van der Waals surface area contributed by atoms with Crippen molar-refractivity contribution in [3.63, 3.8) is 0 Å². The number of halogens is 1. The highest BCUT2D eigenvalue weighted by Gasteiger charge is 2.14. The molecule has 102 valence electrons. The van der Waals surface area contributed by atoms with Crippen LogP contribution in [0.15, 0.2) is 33.3 Å². The van der Waals surface area contributed by atoms with Crippen molar-refractivity contribution in [1.29, 1.82) is 0 Å². The Morgan fingerprint density at radius 2 is 2.32 bits per heavy atom. The van der Waals surface area contributed by atoms with Crippen LogP contribution in [-0.4, -0.2) is 22.1 Å². The SMILES string of the molecule is CSCC[C@@H](N)c1nc(Cc2cccc(Br)c2)no1. The lowest BCUT2D eigenvalue weighted by Crippen LogP contribution is -2.11. The highest BCUT2D eigenvalue weighted by molar-refractivity contribution is 9.10. The van der Waals surface area contributed by atoms with Crippen LogP contribution in [0.25, 0.3) is 0 Å². The number of nitrogens with zero attached hydrogens (tertiary/aromatic N) is 2. The van der Waals surface area contributed by atoms with E-state index in [1.54, 1.807) is 11.8 Å². The summed E-state index contributed by atoms with van der Waals surface area (Å²) in [5.41, 5.74) is 7.13. The number of thioether (sulfide) groups is 1. The lowest BCUT2D eigenvalue weighted by atomic mass is 10.1. The average molecular weight is 342 g/mol. The van der Waals surface area contributed by atoms with E-state index in [2.05, 4.69) is 32.3 Å². The number of rotatable bonds is 6. The molecule has 6 heteroatoms. The molecule has 2 rings (SSSR count). The smallest absolute Gasteiger partial charge is 0.243 e. The predicted molar refractivity (Wildman–Crippen MR) is 81.2 cm³/mol. The second-order valence-electron chi connectivity index (χ2n) is 4.24. The van der Waals surface area contributed by atoms with Gasteiger partial charge in [0.25, 0.3) is 0 Å². The van der Waals surface area contributed by atoms with E-state index in [1.165, 1.54) is 0 Å². The summed E-state index contributed by atoms with van der Waals surface area (Å²) in [6.45, 7) is 0. The number of aromatic nitrogens is 2. The minimum Gasteiger partial charge on any atom is -0.338 e. The first kappa shape index (κ1) is 14.6. The van der Waals surface area contributed by atoms with Crippen LogP contribution in [0.4, 0.5) is 0 Å². The van der Waals surface area contributed by atoms with E-state index in [-0.39, 0.29) is 6.04 Å². The summed E-state index contributed by atoms with van der Waals surface area (Å²) in [5, 5.41) is 3.98. The molecule has 0 aliphatic carbocycles. The van der Waals surface area contributed by atoms with Gasteiger partial charge in [0.05, 0.1) is 6.04 Å². The maximum absolute atomic E-state index is 5.99. The Kier molecular flexibility index (Phi) is 5.42. The zero-order valence-corrected chi connectivity index (χ0v) is 13.1. The lowest BCUT2D eigenvalue weighted by molar-refractivity contribution is 0.349. The Balaban J connectivity index is 2.01. The molecule has 0 spiro atoms. The highest BCUT2D eigenvalue weighted by Crippen LogP contribution is 2.17. The monoisotopic (exact) mass is 341 g/mol. The van der Waals surface area contributed by atoms with Gasteiger partial charge >= 0.3 is 0 Å². The molecule has 19 heavy (non-hydrogen) atoms. The van der Waals surface area contributed by atoms with E-state index in [9.17, 15) is 0 Å². The molecular weight excluding hydrogens is 326 g/mol. The van der Waals surface area contributed by atoms with Crippen LogP contribution in [-0.2, 0) is 6.42 Å². The largest absolute Gasteiger partial charge is 0.338 e. The summed E-state index contributed by atoms with van der Waals surface area (Å²) in [6.07, 6.45) is 3.55. The Morgan fingerprint density at radius 3 is 3.05 bits per heavy atom. The van der Waals surface area contributed by atoms with Crippen molar-refractivity contribution < 1.29 is 4.52 Å². The highest BCUT2D eigenvalue weighted by atomic mass is 79.9. The Bertz CT molecular complexity index is 532. The van der Waals surface area contributed by atoms with E-state index in [1.807, 2.05) is 24.3 Å². The molecule has 4 nitrogen and oxygen atoms in total. The van der Waals surface area contributed by atoms with Crippen molar-refractivity contribution in [3.05, 3.63) is 46.0 Å². The summed E-state index contributed by atoms with van der Waals surface area (Å²) in [5.74, 6) is 2.19. The number of nitrogens with two attached hydrogens (primary N) is 1. The summed E-state index contributed by atoms with van der Waals surface area (Å²) in [7, 11) is 0. The van der Waals surface area contributed by atoms with Crippen LogP contribution in [0.5, 0.6) is 0 Å². The number of hydrogen-bond acceptors (Lipinski definition) is 5. The van der Waals surface area contributed by atoms with Gasteiger partial charge in [-0.05, 0) is 36.1 Å². The summed E-state index contributed by atoms with van der Waals surface area (Å²) >= 11 is 5.21. The van der Waals surface area contributed by atoms with Gasteiger partial charge in [-0.25, -0.2) is 0 Å². The van der Waals surface area contributed by atoms with Gasteiger partial charge in [-0.3, -0.25) is 0 Å². The summed E-state index contributed by atoms with van der Waals surface area (Å²) < 4.78 is 6.27. The first-order chi connectivity index (χ1) is 9.19. The van der Waals surface area contributed by atoms with Crippen LogP contribution >= 0.6 is 27.7 Å². The molecule has 1 aromatic heterocycles. The van der Waals surface area contributed by atoms with Crippen LogP contribution in [0.2, 0.25) is 0 Å². The first-order valence-electron chi connectivity index (χ1n) is 6.00. The van der Waals surface area contributed by atoms with Gasteiger partial charge < -0.3 is 10.3 Å². The molecule has 0 aliphatic heterocycles. The third-order valence-corrected chi connectivity index (χ3v) is 3.82. The molecule has 0 bridgehead atoms. The lowest BCUT2D eigenvalue weighted by Gasteiger charge is -2.03. The number of hydrogen-bond donors (Lipinski definition) is 1. The maximum Gasteiger partial charge on any atom is 0.243 e. The molecule has 2 N–H and O–H groups in total. The predicted octanol–water partition coefficient (Wildman–Crippen LogP) is 3.18. The molecular formula is C13H16BrN3OS.